The molecule has 0 atom stereocenters. The molecule has 0 aliphatic rings. The molecule has 20 heavy (non-hydrogen) atoms. The maximum absolute atomic E-state index is 8.83. The van der Waals surface area contributed by atoms with Crippen molar-refractivity contribution >= 4 is 11.5 Å². The molecule has 0 saturated carbocycles. The lowest BCUT2D eigenvalue weighted by atomic mass is 10.0. The fourth-order valence-corrected chi connectivity index (χ4v) is 1.90. The number of hydrogen-bond acceptors (Lipinski definition) is 5. The molecule has 0 amide bonds. The molecule has 0 unspecified atom stereocenters. The number of benzene rings is 1. The van der Waals surface area contributed by atoms with Crippen LogP contribution in [0.5, 0.6) is 5.75 Å². The van der Waals surface area contributed by atoms with Crippen molar-refractivity contribution in [3.63, 3.8) is 0 Å². The van der Waals surface area contributed by atoms with Gasteiger partial charge in [0.15, 0.2) is 0 Å². The molecule has 2 rings (SSSR count). The summed E-state index contributed by atoms with van der Waals surface area (Å²) in [5.41, 5.74) is 2.35. The number of ether oxygens (including phenoxy) is 1. The Balaban J connectivity index is 2.29. The van der Waals surface area contributed by atoms with E-state index in [4.69, 9.17) is 10.00 Å². The van der Waals surface area contributed by atoms with Crippen LogP contribution in [0.15, 0.2) is 30.6 Å². The highest BCUT2D eigenvalue weighted by molar-refractivity contribution is 5.60. The van der Waals surface area contributed by atoms with E-state index in [2.05, 4.69) is 29.1 Å². The average Bonchev–Trinajstić information content (AvgIpc) is 2.47. The van der Waals surface area contributed by atoms with Crippen molar-refractivity contribution < 1.29 is 4.74 Å². The van der Waals surface area contributed by atoms with Crippen molar-refractivity contribution in [2.24, 2.45) is 0 Å². The largest absolute Gasteiger partial charge is 0.496 e. The van der Waals surface area contributed by atoms with Crippen LogP contribution in [-0.2, 0) is 0 Å². The zero-order valence-corrected chi connectivity index (χ0v) is 11.7. The molecule has 0 spiro atoms. The number of methoxy groups -OCH3 is 1. The van der Waals surface area contributed by atoms with E-state index in [9.17, 15) is 0 Å². The van der Waals surface area contributed by atoms with Gasteiger partial charge in [0.25, 0.3) is 0 Å². The third-order valence-corrected chi connectivity index (χ3v) is 2.91. The molecule has 0 aliphatic carbocycles. The van der Waals surface area contributed by atoms with Crippen molar-refractivity contribution in [2.45, 2.75) is 19.8 Å². The number of aromatic nitrogens is 2. The van der Waals surface area contributed by atoms with E-state index < -0.39 is 0 Å². The molecular formula is C15H16N4O. The number of nitrogens with one attached hydrogen (secondary N) is 1. The zero-order valence-electron chi connectivity index (χ0n) is 11.7. The molecule has 0 saturated heterocycles. The van der Waals surface area contributed by atoms with Gasteiger partial charge in [-0.25, -0.2) is 9.97 Å². The Hall–Kier alpha value is -2.61. The van der Waals surface area contributed by atoms with Gasteiger partial charge in [0.2, 0.25) is 0 Å². The third-order valence-electron chi connectivity index (χ3n) is 2.91. The third kappa shape index (κ3) is 3.04. The van der Waals surface area contributed by atoms with Gasteiger partial charge >= 0.3 is 0 Å². The van der Waals surface area contributed by atoms with Gasteiger partial charge in [0.05, 0.1) is 7.11 Å². The van der Waals surface area contributed by atoms with E-state index in [1.54, 1.807) is 13.2 Å². The predicted octanol–water partition coefficient (Wildman–Crippen LogP) is 3.22. The van der Waals surface area contributed by atoms with Gasteiger partial charge in [0.1, 0.15) is 29.7 Å². The van der Waals surface area contributed by atoms with Crippen molar-refractivity contribution in [1.29, 1.82) is 5.26 Å². The molecule has 2 aromatic rings. The number of rotatable bonds is 4. The first-order valence-corrected chi connectivity index (χ1v) is 6.31. The molecule has 1 heterocycles. The van der Waals surface area contributed by atoms with Gasteiger partial charge in [-0.3, -0.25) is 0 Å². The number of anilines is 2. The molecule has 0 radical (unpaired) electrons. The van der Waals surface area contributed by atoms with Crippen LogP contribution < -0.4 is 10.1 Å². The highest BCUT2D eigenvalue weighted by atomic mass is 16.5. The van der Waals surface area contributed by atoms with Gasteiger partial charge in [-0.15, -0.1) is 0 Å². The molecule has 102 valence electrons. The molecule has 1 aromatic heterocycles. The average molecular weight is 268 g/mol. The van der Waals surface area contributed by atoms with Crippen LogP contribution >= 0.6 is 0 Å². The van der Waals surface area contributed by atoms with Gasteiger partial charge in [-0.2, -0.15) is 5.26 Å². The molecule has 0 aliphatic heterocycles. The Morgan fingerprint density at radius 3 is 2.70 bits per heavy atom. The highest BCUT2D eigenvalue weighted by Crippen LogP contribution is 2.30. The summed E-state index contributed by atoms with van der Waals surface area (Å²) in [5, 5.41) is 12.0. The second-order valence-corrected chi connectivity index (χ2v) is 4.64. The van der Waals surface area contributed by atoms with E-state index >= 15 is 0 Å². The summed E-state index contributed by atoms with van der Waals surface area (Å²) < 4.78 is 5.35. The Bertz CT molecular complexity index is 647. The first kappa shape index (κ1) is 13.8. The molecule has 0 fully saturated rings. The van der Waals surface area contributed by atoms with Crippen molar-refractivity contribution in [3.8, 4) is 11.8 Å². The maximum atomic E-state index is 8.83. The minimum Gasteiger partial charge on any atom is -0.496 e. The Kier molecular flexibility index (Phi) is 4.16. The maximum Gasteiger partial charge on any atom is 0.145 e. The van der Waals surface area contributed by atoms with Gasteiger partial charge in [-0.1, -0.05) is 13.8 Å². The van der Waals surface area contributed by atoms with E-state index in [1.165, 1.54) is 6.33 Å². The quantitative estimate of drug-likeness (QED) is 0.921. The summed E-state index contributed by atoms with van der Waals surface area (Å²) in [6, 6.07) is 9.46. The fraction of sp³-hybridized carbons (Fsp3) is 0.267. The number of hydrogen-bond donors (Lipinski definition) is 1. The summed E-state index contributed by atoms with van der Waals surface area (Å²) in [6.07, 6.45) is 1.37. The minimum atomic E-state index is 0.333. The standard InChI is InChI=1S/C15H16N4O/c1-10(2)13-6-11(4-5-14(13)20-3)19-15-7-12(8-16)17-9-18-15/h4-7,9-10H,1-3H3,(H,17,18,19). The van der Waals surface area contributed by atoms with E-state index in [1.807, 2.05) is 24.3 Å². The molecule has 1 aromatic carbocycles. The first-order valence-electron chi connectivity index (χ1n) is 6.31. The van der Waals surface area contributed by atoms with Gasteiger partial charge in [-0.05, 0) is 29.7 Å². The Labute approximate surface area is 118 Å². The van der Waals surface area contributed by atoms with Crippen LogP contribution in [0.3, 0.4) is 0 Å². The summed E-state index contributed by atoms with van der Waals surface area (Å²) in [4.78, 5) is 7.94. The Morgan fingerprint density at radius 2 is 2.05 bits per heavy atom. The lowest BCUT2D eigenvalue weighted by molar-refractivity contribution is 0.407. The van der Waals surface area contributed by atoms with E-state index in [0.29, 0.717) is 17.4 Å². The van der Waals surface area contributed by atoms with Crippen LogP contribution in [0.2, 0.25) is 0 Å². The molecule has 5 heteroatoms. The normalized spacial score (nSPS) is 10.2. The summed E-state index contributed by atoms with van der Waals surface area (Å²) in [6.45, 7) is 4.22. The molecule has 1 N–H and O–H groups in total. The monoisotopic (exact) mass is 268 g/mol. The lowest BCUT2D eigenvalue weighted by Crippen LogP contribution is -1.99. The van der Waals surface area contributed by atoms with Crippen LogP contribution in [-0.4, -0.2) is 17.1 Å². The summed E-state index contributed by atoms with van der Waals surface area (Å²) >= 11 is 0. The predicted molar refractivity (Wildman–Crippen MR) is 77.1 cm³/mol. The smallest absolute Gasteiger partial charge is 0.145 e. The summed E-state index contributed by atoms with van der Waals surface area (Å²) in [7, 11) is 1.66. The van der Waals surface area contributed by atoms with Gasteiger partial charge in [0, 0.05) is 11.8 Å². The SMILES string of the molecule is COc1ccc(Nc2cc(C#N)ncn2)cc1C(C)C. The van der Waals surface area contributed by atoms with E-state index in [-0.39, 0.29) is 0 Å². The summed E-state index contributed by atoms with van der Waals surface area (Å²) in [5.74, 6) is 1.81. The highest BCUT2D eigenvalue weighted by Gasteiger charge is 2.09. The van der Waals surface area contributed by atoms with Crippen molar-refractivity contribution in [1.82, 2.24) is 9.97 Å². The van der Waals surface area contributed by atoms with Crippen molar-refractivity contribution in [2.75, 3.05) is 12.4 Å². The minimum absolute atomic E-state index is 0.333. The second-order valence-electron chi connectivity index (χ2n) is 4.64. The zero-order chi connectivity index (χ0) is 14.5. The fourth-order valence-electron chi connectivity index (χ4n) is 1.90. The lowest BCUT2D eigenvalue weighted by Gasteiger charge is -2.14. The van der Waals surface area contributed by atoms with Crippen molar-refractivity contribution in [3.05, 3.63) is 41.9 Å². The van der Waals surface area contributed by atoms with Crippen LogP contribution in [0, 0.1) is 11.3 Å². The molecular weight excluding hydrogens is 252 g/mol. The topological polar surface area (TPSA) is 70.8 Å². The molecule has 0 bridgehead atoms. The number of nitriles is 1. The van der Waals surface area contributed by atoms with Gasteiger partial charge < -0.3 is 10.1 Å². The van der Waals surface area contributed by atoms with Crippen LogP contribution in [0.4, 0.5) is 11.5 Å². The Morgan fingerprint density at radius 1 is 1.25 bits per heavy atom. The van der Waals surface area contributed by atoms with E-state index in [0.717, 1.165) is 17.0 Å². The van der Waals surface area contributed by atoms with Crippen LogP contribution in [0.25, 0.3) is 0 Å². The number of nitrogens with zero attached hydrogens (tertiary/aromatic N) is 3. The molecule has 5 nitrogen and oxygen atoms in total. The first-order chi connectivity index (χ1) is 9.63. The van der Waals surface area contributed by atoms with Crippen LogP contribution in [0.1, 0.15) is 31.0 Å². The second kappa shape index (κ2) is 6.02.